The van der Waals surface area contributed by atoms with Gasteiger partial charge in [-0.1, -0.05) is 12.1 Å². The molecule has 0 aliphatic carbocycles. The number of hydrogen-bond donors (Lipinski definition) is 1. The van der Waals surface area contributed by atoms with E-state index in [1.807, 2.05) is 38.6 Å². The predicted octanol–water partition coefficient (Wildman–Crippen LogP) is 4.99. The molecule has 40 heavy (non-hydrogen) atoms. The maximum atomic E-state index is 11.6. The first-order chi connectivity index (χ1) is 19.2. The monoisotopic (exact) mass is 551 g/mol. The van der Waals surface area contributed by atoms with Crippen LogP contribution in [-0.2, 0) is 27.2 Å². The third kappa shape index (κ3) is 9.01. The lowest BCUT2D eigenvalue weighted by atomic mass is 10.1. The Balaban J connectivity index is 1.18. The highest BCUT2D eigenvalue weighted by molar-refractivity contribution is 5.82. The molecule has 9 nitrogen and oxygen atoms in total. The Morgan fingerprint density at radius 3 is 2.62 bits per heavy atom. The van der Waals surface area contributed by atoms with Gasteiger partial charge < -0.3 is 24.4 Å². The van der Waals surface area contributed by atoms with Crippen LogP contribution in [0.1, 0.15) is 51.8 Å². The summed E-state index contributed by atoms with van der Waals surface area (Å²) in [5.41, 5.74) is 4.79. The first kappa shape index (κ1) is 30.0. The van der Waals surface area contributed by atoms with Crippen LogP contribution in [0, 0.1) is 6.92 Å². The van der Waals surface area contributed by atoms with Crippen molar-refractivity contribution < 1.29 is 19.0 Å². The molecule has 3 heterocycles. The van der Waals surface area contributed by atoms with E-state index in [2.05, 4.69) is 52.6 Å². The van der Waals surface area contributed by atoms with Gasteiger partial charge in [0.2, 0.25) is 0 Å². The average molecular weight is 552 g/mol. The number of likely N-dealkylation sites (tertiary alicyclic amines) is 1. The van der Waals surface area contributed by atoms with E-state index in [4.69, 9.17) is 19.2 Å². The third-order valence-corrected chi connectivity index (χ3v) is 7.11. The molecule has 0 unspecified atom stereocenters. The highest BCUT2D eigenvalue weighted by Crippen LogP contribution is 2.25. The van der Waals surface area contributed by atoms with Gasteiger partial charge in [-0.25, -0.2) is 9.78 Å². The lowest BCUT2D eigenvalue weighted by Crippen LogP contribution is -2.34. The van der Waals surface area contributed by atoms with Crippen molar-refractivity contribution in [3.05, 3.63) is 47.8 Å². The lowest BCUT2D eigenvalue weighted by Gasteiger charge is -2.20. The topological polar surface area (TPSA) is 90.7 Å². The largest absolute Gasteiger partial charge is 0.444 e. The number of pyridine rings is 1. The number of nitrogens with zero attached hydrogens (tertiary/aromatic N) is 4. The van der Waals surface area contributed by atoms with Crippen LogP contribution in [0.4, 0.5) is 4.79 Å². The van der Waals surface area contributed by atoms with E-state index in [0.717, 1.165) is 35.4 Å². The number of aryl methyl sites for hydroxylation is 1. The summed E-state index contributed by atoms with van der Waals surface area (Å²) >= 11 is 0. The maximum Gasteiger partial charge on any atom is 0.407 e. The van der Waals surface area contributed by atoms with Crippen molar-refractivity contribution in [2.45, 2.75) is 72.1 Å². The summed E-state index contributed by atoms with van der Waals surface area (Å²) in [6.45, 7) is 15.1. The Bertz CT molecular complexity index is 1250. The summed E-state index contributed by atoms with van der Waals surface area (Å²) in [5, 5.41) is 8.50. The molecule has 1 amide bonds. The van der Waals surface area contributed by atoms with Gasteiger partial charge >= 0.3 is 6.09 Å². The van der Waals surface area contributed by atoms with E-state index in [9.17, 15) is 4.79 Å². The summed E-state index contributed by atoms with van der Waals surface area (Å²) in [7, 11) is 0. The molecule has 1 aromatic carbocycles. The van der Waals surface area contributed by atoms with E-state index in [1.54, 1.807) is 0 Å². The van der Waals surface area contributed by atoms with Crippen molar-refractivity contribution in [1.82, 2.24) is 25.0 Å². The molecule has 0 saturated carbocycles. The summed E-state index contributed by atoms with van der Waals surface area (Å²) in [4.78, 5) is 19.1. The van der Waals surface area contributed by atoms with Crippen LogP contribution in [0.5, 0.6) is 0 Å². The molecule has 0 radical (unpaired) electrons. The second-order valence-corrected chi connectivity index (χ2v) is 11.5. The molecule has 0 bridgehead atoms. The van der Waals surface area contributed by atoms with Crippen molar-refractivity contribution in [2.24, 2.45) is 0 Å². The van der Waals surface area contributed by atoms with E-state index >= 15 is 0 Å². The van der Waals surface area contributed by atoms with E-state index < -0.39 is 11.7 Å². The van der Waals surface area contributed by atoms with Crippen LogP contribution in [-0.4, -0.2) is 83.5 Å². The molecule has 1 aliphatic heterocycles. The number of ether oxygens (including phenoxy) is 3. The Kier molecular flexibility index (Phi) is 10.5. The van der Waals surface area contributed by atoms with Crippen LogP contribution < -0.4 is 5.32 Å². The Labute approximate surface area is 238 Å². The number of fused-ring (bicyclic) bond motifs is 1. The minimum Gasteiger partial charge on any atom is -0.444 e. The van der Waals surface area contributed by atoms with Gasteiger partial charge in [0.25, 0.3) is 0 Å². The number of carbonyl (C=O) groups is 1. The second-order valence-electron chi connectivity index (χ2n) is 11.5. The fraction of sp³-hybridized carbons (Fsp3) is 0.581. The molecule has 1 aliphatic rings. The van der Waals surface area contributed by atoms with Crippen LogP contribution in [0.25, 0.3) is 22.2 Å². The molecule has 1 fully saturated rings. The van der Waals surface area contributed by atoms with Crippen molar-refractivity contribution in [3.8, 4) is 11.3 Å². The summed E-state index contributed by atoms with van der Waals surface area (Å²) in [6, 6.07) is 11.6. The van der Waals surface area contributed by atoms with Gasteiger partial charge in [-0.3, -0.25) is 4.68 Å². The number of carbonyl (C=O) groups excluding carboxylic acids is 1. The molecule has 218 valence electrons. The SMILES string of the molecule is Cc1nn(CCOCCOCCNC(=O)OC(C)(C)C)cc1-c1ccc2cc(CCN3CCC[C@H]3C)ccc2n1. The molecular formula is C31H45N5O4. The summed E-state index contributed by atoms with van der Waals surface area (Å²) < 4.78 is 18.3. The van der Waals surface area contributed by atoms with Gasteiger partial charge in [-0.2, -0.15) is 5.10 Å². The van der Waals surface area contributed by atoms with Crippen molar-refractivity contribution in [2.75, 3.05) is 46.1 Å². The van der Waals surface area contributed by atoms with Crippen LogP contribution >= 0.6 is 0 Å². The third-order valence-electron chi connectivity index (χ3n) is 7.11. The number of amides is 1. The Hall–Kier alpha value is -3.01. The molecule has 3 aromatic rings. The Morgan fingerprint density at radius 1 is 1.07 bits per heavy atom. The quantitative estimate of drug-likeness (QED) is 0.299. The number of alkyl carbamates (subject to hydrolysis) is 1. The number of benzene rings is 1. The van der Waals surface area contributed by atoms with E-state index in [1.165, 1.54) is 30.3 Å². The molecule has 4 rings (SSSR count). The van der Waals surface area contributed by atoms with Gasteiger partial charge in [0.15, 0.2) is 0 Å². The molecular weight excluding hydrogens is 506 g/mol. The van der Waals surface area contributed by atoms with Crippen LogP contribution in [0.15, 0.2) is 36.5 Å². The van der Waals surface area contributed by atoms with E-state index in [-0.39, 0.29) is 0 Å². The molecule has 1 saturated heterocycles. The molecule has 0 spiro atoms. The van der Waals surface area contributed by atoms with Crippen molar-refractivity contribution in [3.63, 3.8) is 0 Å². The number of hydrogen-bond acceptors (Lipinski definition) is 7. The zero-order chi connectivity index (χ0) is 28.5. The minimum absolute atomic E-state index is 0.395. The zero-order valence-electron chi connectivity index (χ0n) is 24.7. The van der Waals surface area contributed by atoms with Gasteiger partial charge in [-0.05, 0) is 84.2 Å². The highest BCUT2D eigenvalue weighted by atomic mass is 16.6. The van der Waals surface area contributed by atoms with Gasteiger partial charge in [0, 0.05) is 36.3 Å². The average Bonchev–Trinajstić information content (AvgIpc) is 3.49. The lowest BCUT2D eigenvalue weighted by molar-refractivity contribution is 0.0378. The highest BCUT2D eigenvalue weighted by Gasteiger charge is 2.19. The normalized spacial score (nSPS) is 16.1. The van der Waals surface area contributed by atoms with Crippen LogP contribution in [0.3, 0.4) is 0 Å². The number of aromatic nitrogens is 3. The number of nitrogens with one attached hydrogen (secondary N) is 1. The zero-order valence-corrected chi connectivity index (χ0v) is 24.7. The van der Waals surface area contributed by atoms with E-state index in [0.29, 0.717) is 45.6 Å². The van der Waals surface area contributed by atoms with Crippen molar-refractivity contribution in [1.29, 1.82) is 0 Å². The van der Waals surface area contributed by atoms with Crippen LogP contribution in [0.2, 0.25) is 0 Å². The summed E-state index contributed by atoms with van der Waals surface area (Å²) in [5.74, 6) is 0. The van der Waals surface area contributed by atoms with Gasteiger partial charge in [0.05, 0.1) is 49.9 Å². The standard InChI is InChI=1S/C31H45N5O4/c1-23-7-6-14-35(23)15-12-25-8-10-28-26(21-25)9-11-29(33-28)27-22-36(34-24(27)2)16-18-39-20-19-38-17-13-32-30(37)40-31(3,4)5/h8-11,21-23H,6-7,12-20H2,1-5H3,(H,32,37)/t23-/m1/s1. The molecule has 1 atom stereocenters. The second kappa shape index (κ2) is 14.1. The molecule has 9 heteroatoms. The smallest absolute Gasteiger partial charge is 0.407 e. The fourth-order valence-electron chi connectivity index (χ4n) is 4.98. The summed E-state index contributed by atoms with van der Waals surface area (Å²) in [6.07, 6.45) is 5.32. The number of rotatable bonds is 13. The van der Waals surface area contributed by atoms with Gasteiger partial charge in [-0.15, -0.1) is 0 Å². The fourth-order valence-corrected chi connectivity index (χ4v) is 4.98. The molecule has 1 N–H and O–H groups in total. The predicted molar refractivity (Wildman–Crippen MR) is 158 cm³/mol. The minimum atomic E-state index is -0.505. The maximum absolute atomic E-state index is 11.6. The van der Waals surface area contributed by atoms with Crippen molar-refractivity contribution >= 4 is 17.0 Å². The first-order valence-corrected chi connectivity index (χ1v) is 14.5. The Morgan fingerprint density at radius 2 is 1.88 bits per heavy atom. The molecule has 2 aromatic heterocycles. The first-order valence-electron chi connectivity index (χ1n) is 14.5. The van der Waals surface area contributed by atoms with Gasteiger partial charge in [0.1, 0.15) is 5.60 Å².